The lowest BCUT2D eigenvalue weighted by atomic mass is 10.2. The van der Waals surface area contributed by atoms with Crippen LogP contribution in [-0.2, 0) is 9.84 Å². The third-order valence-electron chi connectivity index (χ3n) is 4.59. The molecule has 118 valence electrons. The number of hydrogen-bond donors (Lipinski definition) is 1. The van der Waals surface area contributed by atoms with E-state index in [0.717, 1.165) is 26.1 Å². The molecule has 2 rings (SSSR count). The second-order valence-corrected chi connectivity index (χ2v) is 8.47. The van der Waals surface area contributed by atoms with Crippen molar-refractivity contribution in [3.8, 4) is 0 Å². The van der Waals surface area contributed by atoms with Crippen molar-refractivity contribution in [3.63, 3.8) is 0 Å². The molecule has 2 unspecified atom stereocenters. The van der Waals surface area contributed by atoms with Crippen molar-refractivity contribution >= 4 is 9.84 Å². The number of sulfone groups is 1. The Labute approximate surface area is 123 Å². The number of rotatable bonds is 6. The highest BCUT2D eigenvalue weighted by Crippen LogP contribution is 2.17. The van der Waals surface area contributed by atoms with Gasteiger partial charge in [0.15, 0.2) is 9.84 Å². The normalized spacial score (nSPS) is 30.9. The fourth-order valence-corrected chi connectivity index (χ4v) is 4.89. The Balaban J connectivity index is 1.71. The minimum absolute atomic E-state index is 0.141. The molecule has 1 N–H and O–H groups in total. The van der Waals surface area contributed by atoms with E-state index in [2.05, 4.69) is 29.1 Å². The first-order valence-corrected chi connectivity index (χ1v) is 9.68. The summed E-state index contributed by atoms with van der Waals surface area (Å²) in [5.74, 6) is 0.609. The highest BCUT2D eigenvalue weighted by molar-refractivity contribution is 7.91. The average Bonchev–Trinajstić information content (AvgIpc) is 2.82. The lowest BCUT2D eigenvalue weighted by Gasteiger charge is -2.29. The molecule has 0 aromatic heterocycles. The Kier molecular flexibility index (Phi) is 5.84. The van der Waals surface area contributed by atoms with Gasteiger partial charge in [-0.15, -0.1) is 0 Å². The van der Waals surface area contributed by atoms with Crippen LogP contribution in [0.3, 0.4) is 0 Å². The summed E-state index contributed by atoms with van der Waals surface area (Å²) < 4.78 is 23.2. The van der Waals surface area contributed by atoms with Crippen LogP contribution in [0, 0.1) is 0 Å². The van der Waals surface area contributed by atoms with Crippen LogP contribution in [0.2, 0.25) is 0 Å². The van der Waals surface area contributed by atoms with E-state index in [1.165, 1.54) is 19.4 Å². The van der Waals surface area contributed by atoms with Crippen LogP contribution in [0.25, 0.3) is 0 Å². The fraction of sp³-hybridized carbons (Fsp3) is 1.00. The first-order valence-electron chi connectivity index (χ1n) is 7.86. The van der Waals surface area contributed by atoms with Gasteiger partial charge in [0.1, 0.15) is 0 Å². The average molecular weight is 303 g/mol. The minimum atomic E-state index is -2.80. The Bertz CT molecular complexity index is 399. The summed E-state index contributed by atoms with van der Waals surface area (Å²) >= 11 is 0. The third-order valence-corrected chi connectivity index (χ3v) is 6.32. The molecule has 0 aliphatic carbocycles. The first-order chi connectivity index (χ1) is 9.50. The Morgan fingerprint density at radius 3 is 2.90 bits per heavy atom. The van der Waals surface area contributed by atoms with Gasteiger partial charge < -0.3 is 10.2 Å². The Morgan fingerprint density at radius 2 is 2.20 bits per heavy atom. The van der Waals surface area contributed by atoms with Crippen LogP contribution in [0.1, 0.15) is 26.2 Å². The Morgan fingerprint density at radius 1 is 1.40 bits per heavy atom. The molecule has 0 amide bonds. The van der Waals surface area contributed by atoms with Crippen LogP contribution in [0.15, 0.2) is 0 Å². The molecule has 0 aromatic rings. The minimum Gasteiger partial charge on any atom is -0.312 e. The van der Waals surface area contributed by atoms with Crippen molar-refractivity contribution in [2.24, 2.45) is 0 Å². The first kappa shape index (κ1) is 16.2. The molecule has 2 saturated heterocycles. The van der Waals surface area contributed by atoms with Gasteiger partial charge in [-0.3, -0.25) is 4.90 Å². The smallest absolute Gasteiger partial charge is 0.153 e. The van der Waals surface area contributed by atoms with Crippen LogP contribution in [-0.4, -0.2) is 81.6 Å². The molecule has 2 aliphatic heterocycles. The molecule has 20 heavy (non-hydrogen) atoms. The summed E-state index contributed by atoms with van der Waals surface area (Å²) in [5.41, 5.74) is 0. The number of nitrogens with zero attached hydrogens (tertiary/aromatic N) is 2. The van der Waals surface area contributed by atoms with Crippen molar-refractivity contribution in [2.45, 2.75) is 38.3 Å². The van der Waals surface area contributed by atoms with Crippen LogP contribution in [0.4, 0.5) is 0 Å². The van der Waals surface area contributed by atoms with Gasteiger partial charge in [-0.2, -0.15) is 0 Å². The van der Waals surface area contributed by atoms with Crippen LogP contribution in [0.5, 0.6) is 0 Å². The van der Waals surface area contributed by atoms with Gasteiger partial charge >= 0.3 is 0 Å². The molecular formula is C14H29N3O2S. The monoisotopic (exact) mass is 303 g/mol. The Hall–Kier alpha value is -0.170. The largest absolute Gasteiger partial charge is 0.312 e. The summed E-state index contributed by atoms with van der Waals surface area (Å²) in [6, 6.07) is 0.829. The van der Waals surface area contributed by atoms with E-state index in [1.807, 2.05) is 0 Å². The van der Waals surface area contributed by atoms with Crippen molar-refractivity contribution in [1.82, 2.24) is 15.1 Å². The topological polar surface area (TPSA) is 52.7 Å². The zero-order chi connectivity index (χ0) is 14.6. The van der Waals surface area contributed by atoms with Gasteiger partial charge in [0.25, 0.3) is 0 Å². The fourth-order valence-electron chi connectivity index (χ4n) is 3.40. The van der Waals surface area contributed by atoms with Crippen molar-refractivity contribution < 1.29 is 8.42 Å². The molecule has 0 saturated carbocycles. The molecule has 2 atom stereocenters. The molecule has 6 heteroatoms. The quantitative estimate of drug-likeness (QED) is 0.758. The molecule has 0 bridgehead atoms. The standard InChI is InChI=1S/C14H29N3O2S/c1-3-17-8-4-5-14(17)11-16(2)9-6-13-12-20(18,19)10-7-15-13/h13-15H,3-12H2,1-2H3. The number of likely N-dealkylation sites (N-methyl/N-ethyl adjacent to an activating group) is 2. The van der Waals surface area contributed by atoms with Crippen molar-refractivity contribution in [2.75, 3.05) is 51.3 Å². The molecular weight excluding hydrogens is 274 g/mol. The number of nitrogens with one attached hydrogen (secondary N) is 1. The molecule has 2 fully saturated rings. The molecule has 2 aliphatic rings. The molecule has 2 heterocycles. The van der Waals surface area contributed by atoms with Gasteiger partial charge in [0.05, 0.1) is 11.5 Å². The SMILES string of the molecule is CCN1CCCC1CN(C)CCC1CS(=O)(=O)CCN1. The van der Waals surface area contributed by atoms with Gasteiger partial charge in [0, 0.05) is 25.2 Å². The maximum absolute atomic E-state index is 11.6. The summed E-state index contributed by atoms with van der Waals surface area (Å²) in [6.07, 6.45) is 3.54. The van der Waals surface area contributed by atoms with E-state index in [9.17, 15) is 8.42 Å². The second-order valence-electron chi connectivity index (χ2n) is 6.24. The van der Waals surface area contributed by atoms with E-state index < -0.39 is 9.84 Å². The van der Waals surface area contributed by atoms with E-state index >= 15 is 0 Å². The maximum atomic E-state index is 11.6. The summed E-state index contributed by atoms with van der Waals surface area (Å²) in [7, 11) is -0.648. The molecule has 0 radical (unpaired) electrons. The maximum Gasteiger partial charge on any atom is 0.153 e. The third kappa shape index (κ3) is 4.69. The predicted octanol–water partition coefficient (Wildman–Crippen LogP) is 0.179. The van der Waals surface area contributed by atoms with Crippen molar-refractivity contribution in [3.05, 3.63) is 0 Å². The molecule has 0 spiro atoms. The van der Waals surface area contributed by atoms with Gasteiger partial charge in [-0.05, 0) is 45.9 Å². The van der Waals surface area contributed by atoms with Crippen LogP contribution < -0.4 is 5.32 Å². The van der Waals surface area contributed by atoms with Gasteiger partial charge in [-0.1, -0.05) is 6.92 Å². The van der Waals surface area contributed by atoms with Gasteiger partial charge in [-0.25, -0.2) is 8.42 Å². The van der Waals surface area contributed by atoms with Crippen molar-refractivity contribution in [1.29, 1.82) is 0 Å². The lowest BCUT2D eigenvalue weighted by Crippen LogP contribution is -2.47. The summed E-state index contributed by atoms with van der Waals surface area (Å²) in [6.45, 7) is 7.30. The molecule has 5 nitrogen and oxygen atoms in total. The highest BCUT2D eigenvalue weighted by atomic mass is 32.2. The summed E-state index contributed by atoms with van der Waals surface area (Å²) in [4.78, 5) is 4.92. The zero-order valence-electron chi connectivity index (χ0n) is 12.8. The van der Waals surface area contributed by atoms with E-state index in [1.54, 1.807) is 0 Å². The van der Waals surface area contributed by atoms with E-state index in [-0.39, 0.29) is 6.04 Å². The van der Waals surface area contributed by atoms with Crippen LogP contribution >= 0.6 is 0 Å². The van der Waals surface area contributed by atoms with E-state index in [4.69, 9.17) is 0 Å². The lowest BCUT2D eigenvalue weighted by molar-refractivity contribution is 0.194. The highest BCUT2D eigenvalue weighted by Gasteiger charge is 2.26. The summed E-state index contributed by atoms with van der Waals surface area (Å²) in [5, 5.41) is 3.33. The second kappa shape index (κ2) is 7.20. The number of likely N-dealkylation sites (tertiary alicyclic amines) is 1. The van der Waals surface area contributed by atoms with E-state index in [0.29, 0.717) is 24.1 Å². The predicted molar refractivity (Wildman–Crippen MR) is 82.8 cm³/mol. The zero-order valence-corrected chi connectivity index (χ0v) is 13.7. The molecule has 0 aromatic carbocycles. The van der Waals surface area contributed by atoms with Gasteiger partial charge in [0.2, 0.25) is 0 Å². The number of hydrogen-bond acceptors (Lipinski definition) is 5.